The van der Waals surface area contributed by atoms with Crippen LogP contribution in [0, 0.1) is 6.92 Å². The van der Waals surface area contributed by atoms with E-state index in [1.807, 2.05) is 37.2 Å². The third-order valence-corrected chi connectivity index (χ3v) is 6.65. The van der Waals surface area contributed by atoms with E-state index in [-0.39, 0.29) is 11.9 Å². The number of ether oxygens (including phenoxy) is 2. The lowest BCUT2D eigenvalue weighted by molar-refractivity contribution is -0.133. The summed E-state index contributed by atoms with van der Waals surface area (Å²) < 4.78 is 12.8. The quantitative estimate of drug-likeness (QED) is 0.601. The first-order valence-corrected chi connectivity index (χ1v) is 11.0. The molecule has 158 valence electrons. The Morgan fingerprint density at radius 1 is 1.27 bits per heavy atom. The Bertz CT molecular complexity index is 1040. The van der Waals surface area contributed by atoms with Crippen LogP contribution in [0.1, 0.15) is 39.7 Å². The van der Waals surface area contributed by atoms with Gasteiger partial charge in [-0.05, 0) is 60.0 Å². The van der Waals surface area contributed by atoms with E-state index in [0.29, 0.717) is 25.1 Å². The van der Waals surface area contributed by atoms with Gasteiger partial charge in [0.1, 0.15) is 0 Å². The number of fused-ring (bicyclic) bond motifs is 1. The minimum atomic E-state index is -0.101. The van der Waals surface area contributed by atoms with Crippen molar-refractivity contribution in [3.05, 3.63) is 63.1 Å². The number of hydrogen-bond donors (Lipinski definition) is 0. The Hall–Kier alpha value is -2.80. The Kier molecular flexibility index (Phi) is 5.81. The molecular formula is C23H27N3O3S. The van der Waals surface area contributed by atoms with Gasteiger partial charge >= 0.3 is 0 Å². The SMILES string of the molecule is COc1cc2c(cc1OC)[C@H](c1cccs1)N(C(=O)CCc1cn(C)nc1C)CC2. The number of carbonyl (C=O) groups excluding carboxylic acids is 1. The Labute approximate surface area is 181 Å². The second kappa shape index (κ2) is 8.52. The molecule has 1 aliphatic rings. The molecule has 0 saturated heterocycles. The van der Waals surface area contributed by atoms with E-state index in [2.05, 4.69) is 22.6 Å². The standard InChI is InChI=1S/C23H27N3O3S/c1-15-17(14-25(2)24-15)7-8-22(27)26-10-9-16-12-19(28-3)20(29-4)13-18(16)23(26)21-6-5-11-30-21/h5-6,11-14,23H,7-10H2,1-4H3/t23-/m1/s1. The van der Waals surface area contributed by atoms with E-state index < -0.39 is 0 Å². The molecule has 2 aromatic heterocycles. The maximum atomic E-state index is 13.3. The minimum Gasteiger partial charge on any atom is -0.493 e. The molecule has 30 heavy (non-hydrogen) atoms. The summed E-state index contributed by atoms with van der Waals surface area (Å²) in [6.07, 6.45) is 3.97. The summed E-state index contributed by atoms with van der Waals surface area (Å²) in [4.78, 5) is 16.5. The monoisotopic (exact) mass is 425 g/mol. The molecule has 1 aromatic carbocycles. The predicted molar refractivity (Wildman–Crippen MR) is 117 cm³/mol. The molecule has 0 fully saturated rings. The maximum absolute atomic E-state index is 13.3. The molecule has 3 heterocycles. The topological polar surface area (TPSA) is 56.6 Å². The van der Waals surface area contributed by atoms with E-state index in [4.69, 9.17) is 9.47 Å². The first-order chi connectivity index (χ1) is 14.5. The van der Waals surface area contributed by atoms with Crippen molar-refractivity contribution in [1.29, 1.82) is 0 Å². The lowest BCUT2D eigenvalue weighted by Gasteiger charge is -2.37. The summed E-state index contributed by atoms with van der Waals surface area (Å²) in [6, 6.07) is 8.12. The van der Waals surface area contributed by atoms with Gasteiger partial charge in [-0.15, -0.1) is 11.3 Å². The van der Waals surface area contributed by atoms with Gasteiger partial charge in [-0.25, -0.2) is 0 Å². The summed E-state index contributed by atoms with van der Waals surface area (Å²) in [5, 5.41) is 6.45. The average molecular weight is 426 g/mol. The highest BCUT2D eigenvalue weighted by Crippen LogP contribution is 2.42. The molecule has 1 aliphatic heterocycles. The fraction of sp³-hybridized carbons (Fsp3) is 0.391. The smallest absolute Gasteiger partial charge is 0.223 e. The van der Waals surface area contributed by atoms with Crippen molar-refractivity contribution in [3.8, 4) is 11.5 Å². The lowest BCUT2D eigenvalue weighted by atomic mass is 9.90. The summed E-state index contributed by atoms with van der Waals surface area (Å²) in [7, 11) is 5.21. The number of thiophene rings is 1. The zero-order chi connectivity index (χ0) is 21.3. The molecule has 0 N–H and O–H groups in total. The van der Waals surface area contributed by atoms with Crippen molar-refractivity contribution in [2.75, 3.05) is 20.8 Å². The van der Waals surface area contributed by atoms with Crippen molar-refractivity contribution in [2.45, 2.75) is 32.2 Å². The highest BCUT2D eigenvalue weighted by Gasteiger charge is 2.33. The van der Waals surface area contributed by atoms with E-state index in [9.17, 15) is 4.79 Å². The third-order valence-electron chi connectivity index (χ3n) is 5.73. The van der Waals surface area contributed by atoms with Crippen molar-refractivity contribution >= 4 is 17.2 Å². The van der Waals surface area contributed by atoms with Crippen molar-refractivity contribution < 1.29 is 14.3 Å². The summed E-state index contributed by atoms with van der Waals surface area (Å²) in [6.45, 7) is 2.68. The minimum absolute atomic E-state index is 0.101. The first kappa shape index (κ1) is 20.5. The number of carbonyl (C=O) groups is 1. The Morgan fingerprint density at radius 3 is 2.67 bits per heavy atom. The van der Waals surface area contributed by atoms with E-state index in [1.54, 1.807) is 30.2 Å². The van der Waals surface area contributed by atoms with E-state index in [0.717, 1.165) is 33.9 Å². The molecule has 3 aromatic rings. The molecule has 1 amide bonds. The van der Waals surface area contributed by atoms with Gasteiger partial charge in [-0.2, -0.15) is 5.10 Å². The van der Waals surface area contributed by atoms with Crippen molar-refractivity contribution in [1.82, 2.24) is 14.7 Å². The van der Waals surface area contributed by atoms with Crippen LogP contribution < -0.4 is 9.47 Å². The third kappa shape index (κ3) is 3.81. The van der Waals surface area contributed by atoms with Crippen molar-refractivity contribution in [2.24, 2.45) is 7.05 Å². The molecule has 0 aliphatic carbocycles. The lowest BCUT2D eigenvalue weighted by Crippen LogP contribution is -2.40. The fourth-order valence-electron chi connectivity index (χ4n) is 4.25. The van der Waals surface area contributed by atoms with Gasteiger partial charge in [0.15, 0.2) is 11.5 Å². The molecule has 0 spiro atoms. The zero-order valence-corrected chi connectivity index (χ0v) is 18.7. The van der Waals surface area contributed by atoms with Gasteiger partial charge in [0, 0.05) is 31.1 Å². The molecule has 0 bridgehead atoms. The van der Waals surface area contributed by atoms with E-state index >= 15 is 0 Å². The molecule has 7 heteroatoms. The largest absolute Gasteiger partial charge is 0.493 e. The highest BCUT2D eigenvalue weighted by atomic mass is 32.1. The van der Waals surface area contributed by atoms with Crippen LogP contribution in [0.5, 0.6) is 11.5 Å². The van der Waals surface area contributed by atoms with Crippen LogP contribution in [0.3, 0.4) is 0 Å². The number of nitrogens with zero attached hydrogens (tertiary/aromatic N) is 3. The van der Waals surface area contributed by atoms with Crippen LogP contribution in [-0.4, -0.2) is 41.4 Å². The number of aromatic nitrogens is 2. The first-order valence-electron chi connectivity index (χ1n) is 10.1. The zero-order valence-electron chi connectivity index (χ0n) is 17.8. The maximum Gasteiger partial charge on any atom is 0.223 e. The van der Waals surface area contributed by atoms with Crippen molar-refractivity contribution in [3.63, 3.8) is 0 Å². The van der Waals surface area contributed by atoms with Crippen LogP contribution >= 0.6 is 11.3 Å². The van der Waals surface area contributed by atoms with Gasteiger partial charge in [0.25, 0.3) is 0 Å². The number of methoxy groups -OCH3 is 2. The van der Waals surface area contributed by atoms with Crippen LogP contribution in [0.2, 0.25) is 0 Å². The summed E-state index contributed by atoms with van der Waals surface area (Å²) in [5.41, 5.74) is 4.44. The van der Waals surface area contributed by atoms with Crippen LogP contribution in [0.15, 0.2) is 35.8 Å². The molecule has 0 saturated carbocycles. The van der Waals surface area contributed by atoms with Gasteiger partial charge in [0.05, 0.1) is 26.0 Å². The van der Waals surface area contributed by atoms with Crippen LogP contribution in [0.4, 0.5) is 0 Å². The molecule has 0 radical (unpaired) electrons. The Morgan fingerprint density at radius 2 is 2.03 bits per heavy atom. The fourth-order valence-corrected chi connectivity index (χ4v) is 5.10. The molecule has 6 nitrogen and oxygen atoms in total. The summed E-state index contributed by atoms with van der Waals surface area (Å²) in [5.74, 6) is 1.59. The van der Waals surface area contributed by atoms with E-state index in [1.165, 1.54) is 5.56 Å². The molecule has 1 atom stereocenters. The molecule has 0 unspecified atom stereocenters. The number of rotatable bonds is 6. The number of amides is 1. The summed E-state index contributed by atoms with van der Waals surface area (Å²) >= 11 is 1.68. The van der Waals surface area contributed by atoms with Crippen LogP contribution in [0.25, 0.3) is 0 Å². The van der Waals surface area contributed by atoms with Gasteiger partial charge < -0.3 is 14.4 Å². The highest BCUT2D eigenvalue weighted by molar-refractivity contribution is 7.10. The Balaban J connectivity index is 1.65. The van der Waals surface area contributed by atoms with Gasteiger partial charge in [-0.1, -0.05) is 6.07 Å². The predicted octanol–water partition coefficient (Wildman–Crippen LogP) is 3.91. The number of benzene rings is 1. The second-order valence-electron chi connectivity index (χ2n) is 7.57. The van der Waals surface area contributed by atoms with Gasteiger partial charge in [-0.3, -0.25) is 9.48 Å². The molecular weight excluding hydrogens is 398 g/mol. The normalized spacial score (nSPS) is 15.7. The van der Waals surface area contributed by atoms with Crippen LogP contribution in [-0.2, 0) is 24.7 Å². The number of hydrogen-bond acceptors (Lipinski definition) is 5. The molecule has 4 rings (SSSR count). The second-order valence-corrected chi connectivity index (χ2v) is 8.55. The average Bonchev–Trinajstić information content (AvgIpc) is 3.39. The number of aryl methyl sites for hydroxylation is 3. The van der Waals surface area contributed by atoms with Gasteiger partial charge in [0.2, 0.25) is 5.91 Å².